The maximum Gasteiger partial charge on any atom is 0.291 e. The number of nitrogens with zero attached hydrogens (tertiary/aromatic N) is 3. The summed E-state index contributed by atoms with van der Waals surface area (Å²) in [7, 11) is 0. The zero-order chi connectivity index (χ0) is 18.3. The quantitative estimate of drug-likeness (QED) is 0.779. The number of hydrogen-bond acceptors (Lipinski definition) is 4. The van der Waals surface area contributed by atoms with Gasteiger partial charge in [-0.15, -0.1) is 0 Å². The molecule has 1 saturated carbocycles. The van der Waals surface area contributed by atoms with Gasteiger partial charge in [0.25, 0.3) is 5.56 Å². The number of aromatic nitrogens is 3. The highest BCUT2D eigenvalue weighted by atomic mass is 16.3. The van der Waals surface area contributed by atoms with Gasteiger partial charge in [0.1, 0.15) is 17.9 Å². The maximum absolute atomic E-state index is 12.7. The lowest BCUT2D eigenvalue weighted by Gasteiger charge is -2.28. The first-order chi connectivity index (χ1) is 12.5. The molecule has 1 fully saturated rings. The van der Waals surface area contributed by atoms with E-state index in [-0.39, 0.29) is 24.1 Å². The van der Waals surface area contributed by atoms with Crippen LogP contribution in [-0.2, 0) is 11.3 Å². The Labute approximate surface area is 151 Å². The first kappa shape index (κ1) is 16.9. The lowest BCUT2D eigenvalue weighted by Crippen LogP contribution is -2.42. The minimum absolute atomic E-state index is 0.0697. The summed E-state index contributed by atoms with van der Waals surface area (Å²) < 4.78 is 8.38. The smallest absolute Gasteiger partial charge is 0.291 e. The van der Waals surface area contributed by atoms with Crippen molar-refractivity contribution in [3.8, 4) is 0 Å². The van der Waals surface area contributed by atoms with Crippen molar-refractivity contribution in [3.63, 3.8) is 0 Å². The zero-order valence-corrected chi connectivity index (χ0v) is 15.2. The fourth-order valence-corrected chi connectivity index (χ4v) is 4.12. The zero-order valence-electron chi connectivity index (χ0n) is 15.2. The average Bonchev–Trinajstić information content (AvgIpc) is 3.21. The molecule has 1 N–H and O–H groups in total. The molecule has 0 saturated heterocycles. The van der Waals surface area contributed by atoms with Gasteiger partial charge in [-0.05, 0) is 32.6 Å². The fourth-order valence-electron chi connectivity index (χ4n) is 4.12. The van der Waals surface area contributed by atoms with Crippen LogP contribution in [0, 0.1) is 12.8 Å². The summed E-state index contributed by atoms with van der Waals surface area (Å²) >= 11 is 0. The molecule has 1 amide bonds. The average molecular weight is 356 g/mol. The van der Waals surface area contributed by atoms with Crippen LogP contribution < -0.4 is 10.9 Å². The molecular formula is C19H24N4O3. The number of fused-ring (bicyclic) bond motifs is 3. The summed E-state index contributed by atoms with van der Waals surface area (Å²) in [5.41, 5.74) is 1.63. The van der Waals surface area contributed by atoms with Gasteiger partial charge < -0.3 is 9.73 Å². The van der Waals surface area contributed by atoms with Crippen LogP contribution in [-0.4, -0.2) is 26.1 Å². The predicted octanol–water partition coefficient (Wildman–Crippen LogP) is 2.64. The van der Waals surface area contributed by atoms with Gasteiger partial charge >= 0.3 is 0 Å². The highest BCUT2D eigenvalue weighted by molar-refractivity contribution is 5.82. The van der Waals surface area contributed by atoms with Crippen LogP contribution in [0.15, 0.2) is 27.6 Å². The van der Waals surface area contributed by atoms with Crippen LogP contribution in [0.3, 0.4) is 0 Å². The van der Waals surface area contributed by atoms with E-state index >= 15 is 0 Å². The van der Waals surface area contributed by atoms with Crippen LogP contribution in [0.2, 0.25) is 0 Å². The van der Waals surface area contributed by atoms with E-state index < -0.39 is 0 Å². The van der Waals surface area contributed by atoms with Gasteiger partial charge in [0.2, 0.25) is 5.91 Å². The van der Waals surface area contributed by atoms with Gasteiger partial charge in [0.15, 0.2) is 5.58 Å². The second-order valence-electron chi connectivity index (χ2n) is 7.30. The van der Waals surface area contributed by atoms with Crippen molar-refractivity contribution in [1.82, 2.24) is 19.5 Å². The summed E-state index contributed by atoms with van der Waals surface area (Å²) in [6.07, 6.45) is 7.66. The molecule has 7 nitrogen and oxygen atoms in total. The number of amides is 1. The second kappa shape index (κ2) is 6.63. The van der Waals surface area contributed by atoms with Gasteiger partial charge in [-0.25, -0.2) is 4.68 Å². The van der Waals surface area contributed by atoms with E-state index in [1.807, 2.05) is 6.92 Å². The summed E-state index contributed by atoms with van der Waals surface area (Å²) in [6.45, 7) is 3.80. The second-order valence-corrected chi connectivity index (χ2v) is 7.30. The summed E-state index contributed by atoms with van der Waals surface area (Å²) in [5.74, 6) is 1.000. The molecule has 138 valence electrons. The summed E-state index contributed by atoms with van der Waals surface area (Å²) in [4.78, 5) is 25.2. The molecule has 0 radical (unpaired) electrons. The molecule has 1 atom stereocenters. The van der Waals surface area contributed by atoms with Gasteiger partial charge in [-0.1, -0.05) is 19.3 Å². The molecule has 0 spiro atoms. The summed E-state index contributed by atoms with van der Waals surface area (Å²) in [5, 5.41) is 7.38. The van der Waals surface area contributed by atoms with Crippen molar-refractivity contribution in [2.75, 3.05) is 0 Å². The van der Waals surface area contributed by atoms with Gasteiger partial charge in [0.05, 0.1) is 11.8 Å². The lowest BCUT2D eigenvalue weighted by molar-refractivity contribution is -0.123. The number of aryl methyl sites for hydroxylation is 1. The van der Waals surface area contributed by atoms with Crippen LogP contribution in [0.25, 0.3) is 16.6 Å². The predicted molar refractivity (Wildman–Crippen MR) is 98.1 cm³/mol. The normalized spacial score (nSPS) is 17.0. The number of furan rings is 1. The van der Waals surface area contributed by atoms with Crippen molar-refractivity contribution in [1.29, 1.82) is 0 Å². The van der Waals surface area contributed by atoms with E-state index in [0.29, 0.717) is 22.8 Å². The van der Waals surface area contributed by atoms with E-state index in [0.717, 1.165) is 18.4 Å². The Balaban J connectivity index is 1.55. The SMILES string of the molecule is Cc1nn(CC(=O)N[C@H](C)C2CCCCC2)c(=O)c2cc3occc3n12. The van der Waals surface area contributed by atoms with Crippen molar-refractivity contribution >= 4 is 22.5 Å². The number of carbonyl (C=O) groups excluding carboxylic acids is 1. The number of nitrogens with one attached hydrogen (secondary N) is 1. The van der Waals surface area contributed by atoms with Crippen LogP contribution >= 0.6 is 0 Å². The molecule has 3 aromatic rings. The fraction of sp³-hybridized carbons (Fsp3) is 0.526. The van der Waals surface area contributed by atoms with E-state index in [1.165, 1.54) is 23.9 Å². The minimum atomic E-state index is -0.289. The van der Waals surface area contributed by atoms with Crippen molar-refractivity contribution in [2.45, 2.75) is 58.5 Å². The van der Waals surface area contributed by atoms with Crippen molar-refractivity contribution in [2.24, 2.45) is 5.92 Å². The number of carbonyl (C=O) groups is 1. The molecule has 7 heteroatoms. The molecule has 1 aliphatic carbocycles. The van der Waals surface area contributed by atoms with Gasteiger partial charge in [0, 0.05) is 18.2 Å². The Bertz CT molecular complexity index is 1010. The highest BCUT2D eigenvalue weighted by Gasteiger charge is 2.22. The lowest BCUT2D eigenvalue weighted by atomic mass is 9.84. The first-order valence-electron chi connectivity index (χ1n) is 9.30. The first-order valence-corrected chi connectivity index (χ1v) is 9.30. The number of rotatable bonds is 4. The molecular weight excluding hydrogens is 332 g/mol. The van der Waals surface area contributed by atoms with Gasteiger partial charge in [-0.2, -0.15) is 5.10 Å². The van der Waals surface area contributed by atoms with E-state index in [4.69, 9.17) is 4.42 Å². The number of hydrogen-bond donors (Lipinski definition) is 1. The third-order valence-electron chi connectivity index (χ3n) is 5.50. The maximum atomic E-state index is 12.7. The Morgan fingerprint density at radius 1 is 1.35 bits per heavy atom. The van der Waals surface area contributed by atoms with Crippen LogP contribution in [0.5, 0.6) is 0 Å². The van der Waals surface area contributed by atoms with Crippen molar-refractivity contribution < 1.29 is 9.21 Å². The Kier molecular flexibility index (Phi) is 4.30. The Morgan fingerprint density at radius 2 is 2.12 bits per heavy atom. The third kappa shape index (κ3) is 2.91. The molecule has 26 heavy (non-hydrogen) atoms. The molecule has 0 aromatic carbocycles. The monoisotopic (exact) mass is 356 g/mol. The third-order valence-corrected chi connectivity index (χ3v) is 5.50. The van der Waals surface area contributed by atoms with Gasteiger partial charge in [-0.3, -0.25) is 14.0 Å². The molecule has 0 unspecified atom stereocenters. The van der Waals surface area contributed by atoms with E-state index in [9.17, 15) is 9.59 Å². The highest BCUT2D eigenvalue weighted by Crippen LogP contribution is 2.26. The van der Waals surface area contributed by atoms with Crippen LogP contribution in [0.1, 0.15) is 44.9 Å². The van der Waals surface area contributed by atoms with Crippen LogP contribution in [0.4, 0.5) is 0 Å². The largest absolute Gasteiger partial charge is 0.463 e. The molecule has 3 heterocycles. The molecule has 0 aliphatic heterocycles. The standard InChI is InChI=1S/C19H24N4O3/c1-12(14-6-4-3-5-7-14)20-18(24)11-22-19(25)16-10-17-15(8-9-26-17)23(16)13(2)21-22/h8-10,12,14H,3-7,11H2,1-2H3,(H,20,24)/t12-/m1/s1. The minimum Gasteiger partial charge on any atom is -0.463 e. The molecule has 4 rings (SSSR count). The van der Waals surface area contributed by atoms with E-state index in [1.54, 1.807) is 22.8 Å². The molecule has 1 aliphatic rings. The Morgan fingerprint density at radius 3 is 2.88 bits per heavy atom. The van der Waals surface area contributed by atoms with E-state index in [2.05, 4.69) is 17.3 Å². The topological polar surface area (TPSA) is 81.5 Å². The molecule has 3 aromatic heterocycles. The Hall–Kier alpha value is -2.57. The van der Waals surface area contributed by atoms with Crippen molar-refractivity contribution in [3.05, 3.63) is 34.6 Å². The molecule has 0 bridgehead atoms. The summed E-state index contributed by atoms with van der Waals surface area (Å²) in [6, 6.07) is 3.63.